The molecule has 0 spiro atoms. The van der Waals surface area contributed by atoms with Crippen LogP contribution in [0.4, 0.5) is 0 Å². The van der Waals surface area contributed by atoms with Crippen LogP contribution in [0.3, 0.4) is 0 Å². The molecule has 144 valence electrons. The Kier molecular flexibility index (Phi) is 10.0. The molecule has 0 aliphatic carbocycles. The molecule has 0 unspecified atom stereocenters. The molecule has 0 saturated heterocycles. The number of hydrogen-bond donors (Lipinski definition) is 0. The molecular formula is C18H22O6S2Zn. The quantitative estimate of drug-likeness (QED) is 0.507. The molecular weight excluding hydrogens is 442 g/mol. The van der Waals surface area contributed by atoms with E-state index < -0.39 is 20.2 Å². The van der Waals surface area contributed by atoms with E-state index >= 15 is 0 Å². The molecule has 0 N–H and O–H groups in total. The van der Waals surface area contributed by atoms with Crippen LogP contribution in [-0.2, 0) is 39.7 Å². The first-order chi connectivity index (χ1) is 11.8. The molecule has 0 aromatic heterocycles. The van der Waals surface area contributed by atoms with Crippen molar-refractivity contribution in [3.63, 3.8) is 0 Å². The molecule has 2 rings (SSSR count). The zero-order chi connectivity index (χ0) is 20.1. The fraction of sp³-hybridized carbons (Fsp3) is 0.333. The van der Waals surface area contributed by atoms with Crippen LogP contribution < -0.4 is 0 Å². The molecule has 0 radical (unpaired) electrons. The Bertz CT molecular complexity index is 837. The second-order valence-corrected chi connectivity index (χ2v) is 9.12. The Morgan fingerprint density at radius 1 is 0.593 bits per heavy atom. The van der Waals surface area contributed by atoms with Crippen LogP contribution in [0.15, 0.2) is 58.3 Å². The Morgan fingerprint density at radius 3 is 0.963 bits per heavy atom. The zero-order valence-corrected chi connectivity index (χ0v) is 20.3. The first-order valence-electron chi connectivity index (χ1n) is 7.94. The van der Waals surface area contributed by atoms with Crippen LogP contribution in [0.1, 0.15) is 50.7 Å². The van der Waals surface area contributed by atoms with Crippen molar-refractivity contribution >= 4 is 20.2 Å². The van der Waals surface area contributed by atoms with E-state index in [9.17, 15) is 25.9 Å². The third-order valence-electron chi connectivity index (χ3n) is 3.67. The minimum Gasteiger partial charge on any atom is -0.744 e. The fourth-order valence-electron chi connectivity index (χ4n) is 2.04. The van der Waals surface area contributed by atoms with E-state index in [1.54, 1.807) is 24.3 Å². The summed E-state index contributed by atoms with van der Waals surface area (Å²) in [5.41, 5.74) is 2.04. The number of hydrogen-bond acceptors (Lipinski definition) is 6. The Morgan fingerprint density at radius 2 is 0.815 bits per heavy atom. The van der Waals surface area contributed by atoms with Crippen LogP contribution >= 0.6 is 0 Å². The predicted molar refractivity (Wildman–Crippen MR) is 97.0 cm³/mol. The van der Waals surface area contributed by atoms with Gasteiger partial charge in [0, 0.05) is 0 Å². The topological polar surface area (TPSA) is 114 Å². The van der Waals surface area contributed by atoms with E-state index in [1.807, 2.05) is 27.7 Å². The van der Waals surface area contributed by atoms with E-state index in [-0.39, 0.29) is 29.3 Å². The maximum Gasteiger partial charge on any atom is 2.00 e. The van der Waals surface area contributed by atoms with Gasteiger partial charge in [0.1, 0.15) is 20.2 Å². The van der Waals surface area contributed by atoms with Crippen molar-refractivity contribution in [2.45, 2.75) is 49.3 Å². The van der Waals surface area contributed by atoms with Crippen molar-refractivity contribution in [2.75, 3.05) is 0 Å². The summed E-state index contributed by atoms with van der Waals surface area (Å²) in [5.74, 6) is 0.673. The third kappa shape index (κ3) is 8.62. The summed E-state index contributed by atoms with van der Waals surface area (Å²) in [4.78, 5) is -0.339. The van der Waals surface area contributed by atoms with E-state index in [0.29, 0.717) is 11.8 Å². The Labute approximate surface area is 174 Å². The molecule has 6 nitrogen and oxygen atoms in total. The molecule has 27 heavy (non-hydrogen) atoms. The molecule has 0 aliphatic rings. The maximum absolute atomic E-state index is 10.6. The van der Waals surface area contributed by atoms with Crippen molar-refractivity contribution in [1.29, 1.82) is 0 Å². The summed E-state index contributed by atoms with van der Waals surface area (Å²) < 4.78 is 63.4. The molecule has 0 bridgehead atoms. The average Bonchev–Trinajstić information content (AvgIpc) is 2.54. The Balaban J connectivity index is 0.000000483. The summed E-state index contributed by atoms with van der Waals surface area (Å²) in [6.45, 7) is 8.00. The second kappa shape index (κ2) is 10.4. The molecule has 0 heterocycles. The molecule has 2 aromatic carbocycles. The van der Waals surface area contributed by atoms with Gasteiger partial charge < -0.3 is 9.11 Å². The van der Waals surface area contributed by atoms with Gasteiger partial charge in [0.25, 0.3) is 0 Å². The van der Waals surface area contributed by atoms with Gasteiger partial charge >= 0.3 is 19.5 Å². The number of benzene rings is 2. The van der Waals surface area contributed by atoms with E-state index in [1.165, 1.54) is 24.3 Å². The van der Waals surface area contributed by atoms with Crippen LogP contribution in [-0.4, -0.2) is 25.9 Å². The SMILES string of the molecule is CC(C)c1ccc(S(=O)(=O)[O-])cc1.CC(C)c1ccc(S(=O)(=O)[O-])cc1.[Zn+2]. The Hall–Kier alpha value is -1.12. The van der Waals surface area contributed by atoms with Crippen molar-refractivity contribution < 1.29 is 45.4 Å². The van der Waals surface area contributed by atoms with Gasteiger partial charge in [0.05, 0.1) is 9.79 Å². The van der Waals surface area contributed by atoms with Crippen molar-refractivity contribution in [3.8, 4) is 0 Å². The van der Waals surface area contributed by atoms with Crippen LogP contribution in [0, 0.1) is 0 Å². The first kappa shape index (κ1) is 25.9. The summed E-state index contributed by atoms with van der Waals surface area (Å²) in [6.07, 6.45) is 0. The fourth-order valence-corrected chi connectivity index (χ4v) is 2.98. The van der Waals surface area contributed by atoms with Gasteiger partial charge in [-0.1, -0.05) is 52.0 Å². The molecule has 0 amide bonds. The zero-order valence-electron chi connectivity index (χ0n) is 15.7. The first-order valence-corrected chi connectivity index (χ1v) is 10.8. The largest absolute Gasteiger partial charge is 2.00 e. The van der Waals surface area contributed by atoms with E-state index in [2.05, 4.69) is 0 Å². The maximum atomic E-state index is 10.6. The molecule has 0 atom stereocenters. The standard InChI is InChI=1S/2C9H12O3S.Zn/c2*1-7(2)8-3-5-9(6-4-8)13(10,11)12;/h2*3-7H,1-2H3,(H,10,11,12);/q;;+2/p-2. The van der Waals surface area contributed by atoms with Gasteiger partial charge in [-0.3, -0.25) is 0 Å². The average molecular weight is 464 g/mol. The van der Waals surface area contributed by atoms with Gasteiger partial charge in [0.15, 0.2) is 0 Å². The summed E-state index contributed by atoms with van der Waals surface area (Å²) >= 11 is 0. The summed E-state index contributed by atoms with van der Waals surface area (Å²) in [7, 11) is -8.59. The van der Waals surface area contributed by atoms with Gasteiger partial charge in [-0.15, -0.1) is 0 Å². The van der Waals surface area contributed by atoms with Gasteiger partial charge in [-0.25, -0.2) is 16.8 Å². The van der Waals surface area contributed by atoms with Crippen LogP contribution in [0.2, 0.25) is 0 Å². The second-order valence-electron chi connectivity index (χ2n) is 6.36. The monoisotopic (exact) mass is 462 g/mol. The molecule has 9 heteroatoms. The third-order valence-corrected chi connectivity index (χ3v) is 5.37. The van der Waals surface area contributed by atoms with Crippen molar-refractivity contribution in [1.82, 2.24) is 0 Å². The van der Waals surface area contributed by atoms with Gasteiger partial charge in [-0.2, -0.15) is 0 Å². The minimum absolute atomic E-state index is 0. The smallest absolute Gasteiger partial charge is 0.744 e. The summed E-state index contributed by atoms with van der Waals surface area (Å²) in [6, 6.07) is 12.0. The van der Waals surface area contributed by atoms with Crippen molar-refractivity contribution in [2.24, 2.45) is 0 Å². The van der Waals surface area contributed by atoms with Crippen molar-refractivity contribution in [3.05, 3.63) is 59.7 Å². The van der Waals surface area contributed by atoms with Gasteiger partial charge in [0.2, 0.25) is 0 Å². The number of rotatable bonds is 4. The normalized spacial score (nSPS) is 11.6. The summed E-state index contributed by atoms with van der Waals surface area (Å²) in [5, 5.41) is 0. The van der Waals surface area contributed by atoms with Crippen LogP contribution in [0.25, 0.3) is 0 Å². The minimum atomic E-state index is -4.30. The predicted octanol–water partition coefficient (Wildman–Crippen LogP) is 3.43. The van der Waals surface area contributed by atoms with Gasteiger partial charge in [-0.05, 0) is 47.2 Å². The molecule has 0 fully saturated rings. The molecule has 2 aromatic rings. The van der Waals surface area contributed by atoms with Crippen LogP contribution in [0.5, 0.6) is 0 Å². The van der Waals surface area contributed by atoms with E-state index in [0.717, 1.165) is 11.1 Å². The molecule has 0 saturated carbocycles. The van der Waals surface area contributed by atoms with E-state index in [4.69, 9.17) is 0 Å². The molecule has 0 aliphatic heterocycles.